The molecule has 0 spiro atoms. The fourth-order valence-corrected chi connectivity index (χ4v) is 2.09. The molecule has 0 bridgehead atoms. The first kappa shape index (κ1) is 14.0. The Kier molecular flexibility index (Phi) is 4.91. The summed E-state index contributed by atoms with van der Waals surface area (Å²) in [6.45, 7) is 0.263. The Morgan fingerprint density at radius 2 is 1.84 bits per heavy atom. The van der Waals surface area contributed by atoms with Crippen molar-refractivity contribution >= 4 is 11.6 Å². The minimum Gasteiger partial charge on any atom is -0.394 e. The van der Waals surface area contributed by atoms with E-state index in [1.165, 1.54) is 6.07 Å². The summed E-state index contributed by atoms with van der Waals surface area (Å²) < 4.78 is 13.7. The zero-order chi connectivity index (χ0) is 13.7. The molecule has 100 valence electrons. The third kappa shape index (κ3) is 3.53. The van der Waals surface area contributed by atoms with E-state index in [1.807, 2.05) is 30.3 Å². The van der Waals surface area contributed by atoms with Gasteiger partial charge in [0.25, 0.3) is 0 Å². The molecule has 2 rings (SSSR count). The fraction of sp³-hybridized carbons (Fsp3) is 0.200. The van der Waals surface area contributed by atoms with E-state index in [0.717, 1.165) is 5.56 Å². The van der Waals surface area contributed by atoms with Gasteiger partial charge in [-0.3, -0.25) is 0 Å². The molecule has 4 heteroatoms. The van der Waals surface area contributed by atoms with Crippen molar-refractivity contribution in [1.82, 2.24) is 5.32 Å². The Bertz CT molecular complexity index is 533. The molecule has 1 atom stereocenters. The van der Waals surface area contributed by atoms with Crippen molar-refractivity contribution in [2.75, 3.05) is 6.61 Å². The average Bonchev–Trinajstić information content (AvgIpc) is 2.45. The van der Waals surface area contributed by atoms with Gasteiger partial charge < -0.3 is 10.4 Å². The molecule has 0 amide bonds. The Morgan fingerprint density at radius 3 is 2.53 bits per heavy atom. The highest BCUT2D eigenvalue weighted by Gasteiger charge is 2.11. The smallest absolute Gasteiger partial charge is 0.146 e. The van der Waals surface area contributed by atoms with Crippen LogP contribution in [0.25, 0.3) is 0 Å². The van der Waals surface area contributed by atoms with Crippen LogP contribution < -0.4 is 5.32 Å². The van der Waals surface area contributed by atoms with Gasteiger partial charge in [0.15, 0.2) is 0 Å². The number of hydrogen-bond donors (Lipinski definition) is 2. The van der Waals surface area contributed by atoms with Crippen LogP contribution in [0.3, 0.4) is 0 Å². The number of nitrogens with one attached hydrogen (secondary N) is 1. The van der Waals surface area contributed by atoms with Gasteiger partial charge in [0.1, 0.15) is 5.82 Å². The molecule has 0 aliphatic carbocycles. The van der Waals surface area contributed by atoms with E-state index in [4.69, 9.17) is 11.6 Å². The van der Waals surface area contributed by atoms with E-state index in [2.05, 4.69) is 5.32 Å². The lowest BCUT2D eigenvalue weighted by Gasteiger charge is -2.17. The molecule has 0 heterocycles. The van der Waals surface area contributed by atoms with Crippen LogP contribution in [-0.4, -0.2) is 11.7 Å². The molecule has 2 nitrogen and oxygen atoms in total. The highest BCUT2D eigenvalue weighted by Crippen LogP contribution is 2.19. The predicted octanol–water partition coefficient (Wildman–Crippen LogP) is 3.30. The van der Waals surface area contributed by atoms with Crippen molar-refractivity contribution in [3.05, 3.63) is 70.5 Å². The van der Waals surface area contributed by atoms with Gasteiger partial charge in [-0.15, -0.1) is 0 Å². The highest BCUT2D eigenvalue weighted by molar-refractivity contribution is 6.30. The van der Waals surface area contributed by atoms with Gasteiger partial charge in [-0.25, -0.2) is 4.39 Å². The van der Waals surface area contributed by atoms with Crippen LogP contribution in [-0.2, 0) is 6.54 Å². The summed E-state index contributed by atoms with van der Waals surface area (Å²) in [6, 6.07) is 14.2. The number of hydrogen-bond acceptors (Lipinski definition) is 2. The summed E-state index contributed by atoms with van der Waals surface area (Å²) in [7, 11) is 0. The summed E-state index contributed by atoms with van der Waals surface area (Å²) in [5.74, 6) is -0.415. The van der Waals surface area contributed by atoms with Crippen molar-refractivity contribution in [2.45, 2.75) is 12.6 Å². The van der Waals surface area contributed by atoms with Crippen molar-refractivity contribution in [2.24, 2.45) is 0 Å². The van der Waals surface area contributed by atoms with Gasteiger partial charge in [0, 0.05) is 12.1 Å². The van der Waals surface area contributed by atoms with Crippen LogP contribution in [0.2, 0.25) is 5.02 Å². The SMILES string of the molecule is OC[C@@H](NCc1cccc(Cl)c1F)c1ccccc1. The minimum absolute atomic E-state index is 0.0494. The first-order chi connectivity index (χ1) is 9.22. The normalized spacial score (nSPS) is 12.4. The van der Waals surface area contributed by atoms with Gasteiger partial charge in [0.05, 0.1) is 17.7 Å². The zero-order valence-electron chi connectivity index (χ0n) is 10.3. The van der Waals surface area contributed by atoms with Crippen molar-refractivity contribution in [3.8, 4) is 0 Å². The number of aliphatic hydroxyl groups excluding tert-OH is 1. The molecule has 0 aliphatic rings. The molecule has 0 saturated heterocycles. The Hall–Kier alpha value is -1.42. The van der Waals surface area contributed by atoms with E-state index in [-0.39, 0.29) is 17.7 Å². The van der Waals surface area contributed by atoms with Crippen LogP contribution in [0.1, 0.15) is 17.2 Å². The molecule has 0 aliphatic heterocycles. The molecule has 19 heavy (non-hydrogen) atoms. The third-order valence-electron chi connectivity index (χ3n) is 2.95. The van der Waals surface area contributed by atoms with Crippen LogP contribution in [0.4, 0.5) is 4.39 Å². The monoisotopic (exact) mass is 279 g/mol. The van der Waals surface area contributed by atoms with E-state index in [9.17, 15) is 9.50 Å². The van der Waals surface area contributed by atoms with Crippen molar-refractivity contribution < 1.29 is 9.50 Å². The fourth-order valence-electron chi connectivity index (χ4n) is 1.89. The first-order valence-electron chi connectivity index (χ1n) is 6.04. The molecule has 2 aromatic carbocycles. The first-order valence-corrected chi connectivity index (χ1v) is 6.42. The van der Waals surface area contributed by atoms with Crippen LogP contribution in [0.15, 0.2) is 48.5 Å². The molecule has 0 radical (unpaired) electrons. The van der Waals surface area contributed by atoms with E-state index >= 15 is 0 Å². The number of halogens is 2. The maximum atomic E-state index is 13.7. The Morgan fingerprint density at radius 1 is 1.11 bits per heavy atom. The maximum absolute atomic E-state index is 13.7. The van der Waals surface area contributed by atoms with Gasteiger partial charge >= 0.3 is 0 Å². The van der Waals surface area contributed by atoms with Gasteiger partial charge in [-0.05, 0) is 11.6 Å². The molecular weight excluding hydrogens is 265 g/mol. The molecule has 2 N–H and O–H groups in total. The molecule has 0 aromatic heterocycles. The lowest BCUT2D eigenvalue weighted by atomic mass is 10.1. The van der Waals surface area contributed by atoms with E-state index in [1.54, 1.807) is 12.1 Å². The number of aliphatic hydroxyl groups is 1. The Balaban J connectivity index is 2.06. The molecule has 0 saturated carbocycles. The molecule has 2 aromatic rings. The summed E-state index contributed by atoms with van der Waals surface area (Å²) in [5.41, 5.74) is 1.45. The summed E-state index contributed by atoms with van der Waals surface area (Å²) in [5, 5.41) is 12.6. The van der Waals surface area contributed by atoms with Crippen LogP contribution in [0.5, 0.6) is 0 Å². The lowest BCUT2D eigenvalue weighted by molar-refractivity contribution is 0.243. The zero-order valence-corrected chi connectivity index (χ0v) is 11.1. The van der Waals surface area contributed by atoms with E-state index < -0.39 is 5.82 Å². The van der Waals surface area contributed by atoms with Gasteiger partial charge in [-0.1, -0.05) is 54.1 Å². The molecular formula is C15H15ClFNO. The third-order valence-corrected chi connectivity index (χ3v) is 3.25. The molecule has 0 unspecified atom stereocenters. The lowest BCUT2D eigenvalue weighted by Crippen LogP contribution is -2.24. The van der Waals surface area contributed by atoms with Crippen molar-refractivity contribution in [1.29, 1.82) is 0 Å². The predicted molar refractivity (Wildman–Crippen MR) is 74.5 cm³/mol. The quantitative estimate of drug-likeness (QED) is 0.880. The van der Waals surface area contributed by atoms with Gasteiger partial charge in [0.2, 0.25) is 0 Å². The largest absolute Gasteiger partial charge is 0.394 e. The number of benzene rings is 2. The average molecular weight is 280 g/mol. The maximum Gasteiger partial charge on any atom is 0.146 e. The Labute approximate surface area is 116 Å². The second kappa shape index (κ2) is 6.66. The molecule has 0 fully saturated rings. The minimum atomic E-state index is -0.415. The van der Waals surface area contributed by atoms with Crippen LogP contribution >= 0.6 is 11.6 Å². The second-order valence-corrected chi connectivity index (χ2v) is 4.65. The van der Waals surface area contributed by atoms with Crippen LogP contribution in [0, 0.1) is 5.82 Å². The summed E-state index contributed by atoms with van der Waals surface area (Å²) >= 11 is 5.73. The topological polar surface area (TPSA) is 32.3 Å². The summed E-state index contributed by atoms with van der Waals surface area (Å²) in [6.07, 6.45) is 0. The highest BCUT2D eigenvalue weighted by atomic mass is 35.5. The number of rotatable bonds is 5. The van der Waals surface area contributed by atoms with Crippen molar-refractivity contribution in [3.63, 3.8) is 0 Å². The summed E-state index contributed by atoms with van der Waals surface area (Å²) in [4.78, 5) is 0. The standard InChI is InChI=1S/C15H15ClFNO/c16-13-8-4-7-12(15(13)17)9-18-14(10-19)11-5-2-1-3-6-11/h1-8,14,18-19H,9-10H2/t14-/m1/s1. The van der Waals surface area contributed by atoms with E-state index in [0.29, 0.717) is 12.1 Å². The van der Waals surface area contributed by atoms with Gasteiger partial charge in [-0.2, -0.15) is 0 Å². The second-order valence-electron chi connectivity index (χ2n) is 4.24.